The highest BCUT2D eigenvalue weighted by Crippen LogP contribution is 2.24. The lowest BCUT2D eigenvalue weighted by Crippen LogP contribution is -2.35. The molecule has 0 fully saturated rings. The molecule has 1 aromatic carbocycles. The lowest BCUT2D eigenvalue weighted by atomic mass is 9.96. The standard InChI is InChI=1S/C19H24N2O3/c1-6-16-17(14(5)15-9-12(3)8-13(4)10-15)21(11-24-7-2)19(23)20-18(16)22/h8-10H,5-7,11H2,1-4H3,(H,20,22,23). The molecular formula is C19H24N2O3. The number of hydrogen-bond donors (Lipinski definition) is 1. The van der Waals surface area contributed by atoms with E-state index < -0.39 is 5.69 Å². The molecule has 0 atom stereocenters. The van der Waals surface area contributed by atoms with Crippen molar-refractivity contribution in [2.24, 2.45) is 0 Å². The highest BCUT2D eigenvalue weighted by atomic mass is 16.5. The molecule has 0 saturated heterocycles. The summed E-state index contributed by atoms with van der Waals surface area (Å²) >= 11 is 0. The third-order valence-electron chi connectivity index (χ3n) is 3.93. The van der Waals surface area contributed by atoms with Crippen LogP contribution in [0.4, 0.5) is 0 Å². The van der Waals surface area contributed by atoms with Crippen LogP contribution in [0.2, 0.25) is 0 Å². The third-order valence-corrected chi connectivity index (χ3v) is 3.93. The van der Waals surface area contributed by atoms with E-state index in [9.17, 15) is 9.59 Å². The zero-order valence-corrected chi connectivity index (χ0v) is 14.7. The summed E-state index contributed by atoms with van der Waals surface area (Å²) in [5, 5.41) is 0. The van der Waals surface area contributed by atoms with Crippen LogP contribution in [-0.2, 0) is 17.9 Å². The molecule has 1 aromatic heterocycles. The van der Waals surface area contributed by atoms with Gasteiger partial charge in [0.15, 0.2) is 0 Å². The van der Waals surface area contributed by atoms with Gasteiger partial charge in [0, 0.05) is 12.2 Å². The Morgan fingerprint density at radius 1 is 1.17 bits per heavy atom. The molecule has 5 nitrogen and oxygen atoms in total. The zero-order valence-electron chi connectivity index (χ0n) is 14.7. The van der Waals surface area contributed by atoms with Gasteiger partial charge in [-0.05, 0) is 38.3 Å². The molecule has 24 heavy (non-hydrogen) atoms. The number of ether oxygens (including phenoxy) is 1. The van der Waals surface area contributed by atoms with E-state index in [1.807, 2.05) is 39.8 Å². The van der Waals surface area contributed by atoms with Gasteiger partial charge in [0.1, 0.15) is 6.73 Å². The second kappa shape index (κ2) is 7.45. The van der Waals surface area contributed by atoms with Crippen molar-refractivity contribution in [1.82, 2.24) is 9.55 Å². The summed E-state index contributed by atoms with van der Waals surface area (Å²) in [6, 6.07) is 6.08. The molecule has 0 aliphatic rings. The van der Waals surface area contributed by atoms with Gasteiger partial charge < -0.3 is 4.74 Å². The molecular weight excluding hydrogens is 304 g/mol. The Bertz CT molecular complexity index is 855. The van der Waals surface area contributed by atoms with Gasteiger partial charge in [-0.25, -0.2) is 4.79 Å². The van der Waals surface area contributed by atoms with Crippen molar-refractivity contribution in [3.63, 3.8) is 0 Å². The van der Waals surface area contributed by atoms with Crippen LogP contribution in [0.25, 0.3) is 5.57 Å². The van der Waals surface area contributed by atoms with Crippen LogP contribution in [0, 0.1) is 13.8 Å². The number of aryl methyl sites for hydroxylation is 2. The monoisotopic (exact) mass is 328 g/mol. The topological polar surface area (TPSA) is 64.1 Å². The van der Waals surface area contributed by atoms with Gasteiger partial charge >= 0.3 is 5.69 Å². The fraction of sp³-hybridized carbons (Fsp3) is 0.368. The first-order valence-corrected chi connectivity index (χ1v) is 8.10. The van der Waals surface area contributed by atoms with Gasteiger partial charge in [0.25, 0.3) is 5.56 Å². The van der Waals surface area contributed by atoms with Gasteiger partial charge in [-0.3, -0.25) is 14.3 Å². The number of aromatic amines is 1. The first-order chi connectivity index (χ1) is 11.4. The van der Waals surface area contributed by atoms with E-state index in [2.05, 4.69) is 17.6 Å². The predicted octanol–water partition coefficient (Wildman–Crippen LogP) is 2.77. The van der Waals surface area contributed by atoms with E-state index in [0.717, 1.165) is 16.7 Å². The van der Waals surface area contributed by atoms with Crippen molar-refractivity contribution in [3.05, 3.63) is 73.6 Å². The quantitative estimate of drug-likeness (QED) is 0.887. The minimum absolute atomic E-state index is 0.0816. The van der Waals surface area contributed by atoms with E-state index in [1.54, 1.807) is 0 Å². The molecule has 0 radical (unpaired) electrons. The summed E-state index contributed by atoms with van der Waals surface area (Å²) in [7, 11) is 0. The molecule has 0 amide bonds. The minimum Gasteiger partial charge on any atom is -0.361 e. The summed E-state index contributed by atoms with van der Waals surface area (Å²) in [6.45, 7) is 12.5. The molecule has 0 bridgehead atoms. The van der Waals surface area contributed by atoms with Crippen LogP contribution in [0.3, 0.4) is 0 Å². The average Bonchev–Trinajstić information content (AvgIpc) is 2.51. The largest absolute Gasteiger partial charge is 0.361 e. The van der Waals surface area contributed by atoms with Gasteiger partial charge in [-0.1, -0.05) is 42.8 Å². The Hall–Kier alpha value is -2.40. The molecule has 1 heterocycles. The molecule has 0 unspecified atom stereocenters. The van der Waals surface area contributed by atoms with Crippen LogP contribution >= 0.6 is 0 Å². The second-order valence-electron chi connectivity index (χ2n) is 5.84. The minimum atomic E-state index is -0.480. The maximum Gasteiger partial charge on any atom is 0.330 e. The maximum absolute atomic E-state index is 12.3. The molecule has 128 valence electrons. The number of rotatable bonds is 6. The van der Waals surface area contributed by atoms with E-state index in [0.29, 0.717) is 29.9 Å². The second-order valence-corrected chi connectivity index (χ2v) is 5.84. The fourth-order valence-corrected chi connectivity index (χ4v) is 2.88. The molecule has 5 heteroatoms. The average molecular weight is 328 g/mol. The number of nitrogens with zero attached hydrogens (tertiary/aromatic N) is 1. The fourth-order valence-electron chi connectivity index (χ4n) is 2.88. The third kappa shape index (κ3) is 3.57. The summed E-state index contributed by atoms with van der Waals surface area (Å²) in [6.07, 6.45) is 0.501. The molecule has 2 aromatic rings. The number of nitrogens with one attached hydrogen (secondary N) is 1. The Morgan fingerprint density at radius 2 is 1.79 bits per heavy atom. The number of hydrogen-bond acceptors (Lipinski definition) is 3. The van der Waals surface area contributed by atoms with Crippen molar-refractivity contribution >= 4 is 5.57 Å². The van der Waals surface area contributed by atoms with Crippen LogP contribution < -0.4 is 11.2 Å². The summed E-state index contributed by atoms with van der Waals surface area (Å²) in [4.78, 5) is 26.9. The Kier molecular flexibility index (Phi) is 5.57. The molecule has 2 rings (SSSR count). The first kappa shape index (κ1) is 17.9. The summed E-state index contributed by atoms with van der Waals surface area (Å²) < 4.78 is 6.86. The normalized spacial score (nSPS) is 10.8. The van der Waals surface area contributed by atoms with Crippen LogP contribution in [0.15, 0.2) is 34.4 Å². The number of H-pyrrole nitrogens is 1. The van der Waals surface area contributed by atoms with E-state index in [1.165, 1.54) is 4.57 Å². The molecule has 1 N–H and O–H groups in total. The lowest BCUT2D eigenvalue weighted by Gasteiger charge is -2.18. The zero-order chi connectivity index (χ0) is 17.9. The molecule has 0 aliphatic heterocycles. The number of benzene rings is 1. The van der Waals surface area contributed by atoms with Crippen LogP contribution in [0.1, 0.15) is 41.8 Å². The van der Waals surface area contributed by atoms with Crippen molar-refractivity contribution in [1.29, 1.82) is 0 Å². The van der Waals surface area contributed by atoms with Gasteiger partial charge in [0.2, 0.25) is 0 Å². The highest BCUT2D eigenvalue weighted by Gasteiger charge is 2.17. The van der Waals surface area contributed by atoms with Gasteiger partial charge in [0.05, 0.1) is 5.69 Å². The van der Waals surface area contributed by atoms with Crippen molar-refractivity contribution in [3.8, 4) is 0 Å². The maximum atomic E-state index is 12.3. The Labute approximate surface area is 141 Å². The summed E-state index contributed by atoms with van der Waals surface area (Å²) in [5.74, 6) is 0. The SMILES string of the molecule is C=C(c1cc(C)cc(C)c1)c1c(CC)c(=O)[nH]c(=O)n1COCC. The van der Waals surface area contributed by atoms with Gasteiger partial charge in [-0.2, -0.15) is 0 Å². The smallest absolute Gasteiger partial charge is 0.330 e. The Morgan fingerprint density at radius 3 is 2.33 bits per heavy atom. The Balaban J connectivity index is 2.72. The van der Waals surface area contributed by atoms with Crippen LogP contribution in [0.5, 0.6) is 0 Å². The van der Waals surface area contributed by atoms with Gasteiger partial charge in [-0.15, -0.1) is 0 Å². The van der Waals surface area contributed by atoms with Crippen molar-refractivity contribution in [2.75, 3.05) is 6.61 Å². The molecule has 0 saturated carbocycles. The highest BCUT2D eigenvalue weighted by molar-refractivity contribution is 5.78. The summed E-state index contributed by atoms with van der Waals surface area (Å²) in [5.41, 5.74) is 4.00. The number of aromatic nitrogens is 2. The van der Waals surface area contributed by atoms with E-state index in [-0.39, 0.29) is 12.3 Å². The van der Waals surface area contributed by atoms with Crippen LogP contribution in [-0.4, -0.2) is 16.2 Å². The predicted molar refractivity (Wildman–Crippen MR) is 96.4 cm³/mol. The van der Waals surface area contributed by atoms with E-state index >= 15 is 0 Å². The first-order valence-electron chi connectivity index (χ1n) is 8.10. The van der Waals surface area contributed by atoms with E-state index in [4.69, 9.17) is 4.74 Å². The molecule has 0 aliphatic carbocycles. The van der Waals surface area contributed by atoms with Crippen molar-refractivity contribution in [2.45, 2.75) is 40.8 Å². The lowest BCUT2D eigenvalue weighted by molar-refractivity contribution is 0.0835. The molecule has 0 spiro atoms. The van der Waals surface area contributed by atoms with Crippen molar-refractivity contribution < 1.29 is 4.74 Å².